The lowest BCUT2D eigenvalue weighted by atomic mass is 10.1. The number of rotatable bonds is 10. The summed E-state index contributed by atoms with van der Waals surface area (Å²) in [5, 5.41) is 0. The summed E-state index contributed by atoms with van der Waals surface area (Å²) in [6, 6.07) is 0. The summed E-state index contributed by atoms with van der Waals surface area (Å²) in [7, 11) is 1.61. The van der Waals surface area contributed by atoms with E-state index in [-0.39, 0.29) is 0 Å². The average Bonchev–Trinajstić information content (AvgIpc) is 2.96. The molecule has 0 spiro atoms. The maximum atomic E-state index is 11.7. The second kappa shape index (κ2) is 8.50. The zero-order valence-electron chi connectivity index (χ0n) is 13.9. The van der Waals surface area contributed by atoms with Crippen molar-refractivity contribution >= 4 is 11.2 Å². The van der Waals surface area contributed by atoms with Crippen LogP contribution in [0.2, 0.25) is 0 Å². The first-order chi connectivity index (χ1) is 11.1. The smallest absolute Gasteiger partial charge is 0.329 e. The summed E-state index contributed by atoms with van der Waals surface area (Å²) >= 11 is 0. The molecule has 0 radical (unpaired) electrons. The highest BCUT2D eigenvalue weighted by Gasteiger charge is 2.10. The van der Waals surface area contributed by atoms with Crippen LogP contribution in [-0.4, -0.2) is 19.5 Å². The molecule has 2 heterocycles. The molecule has 126 valence electrons. The highest BCUT2D eigenvalue weighted by molar-refractivity contribution is 5.69. The topological polar surface area (TPSA) is 83.5 Å². The SMILES string of the molecule is C=CCCCCCCCCCc1nc2c([nH]1)c(=O)[nH]c(=O)n2C. The van der Waals surface area contributed by atoms with Crippen molar-refractivity contribution < 1.29 is 0 Å². The minimum Gasteiger partial charge on any atom is -0.336 e. The van der Waals surface area contributed by atoms with Crippen LogP contribution in [0.1, 0.15) is 57.2 Å². The van der Waals surface area contributed by atoms with E-state index in [9.17, 15) is 9.59 Å². The lowest BCUT2D eigenvalue weighted by Gasteiger charge is -2.00. The molecule has 0 aliphatic rings. The quantitative estimate of drug-likeness (QED) is 0.522. The number of nitrogens with zero attached hydrogens (tertiary/aromatic N) is 2. The van der Waals surface area contributed by atoms with Gasteiger partial charge in [-0.05, 0) is 19.3 Å². The number of allylic oxidation sites excluding steroid dienone is 1. The number of hydrogen-bond donors (Lipinski definition) is 2. The minimum atomic E-state index is -0.433. The van der Waals surface area contributed by atoms with Gasteiger partial charge in [0.05, 0.1) is 0 Å². The fourth-order valence-corrected chi connectivity index (χ4v) is 2.74. The van der Waals surface area contributed by atoms with Crippen LogP contribution in [0.4, 0.5) is 0 Å². The predicted molar refractivity (Wildman–Crippen MR) is 92.8 cm³/mol. The molecule has 6 heteroatoms. The van der Waals surface area contributed by atoms with Gasteiger partial charge < -0.3 is 4.98 Å². The molecule has 0 aliphatic carbocycles. The maximum absolute atomic E-state index is 11.7. The first-order valence-corrected chi connectivity index (χ1v) is 8.42. The van der Waals surface area contributed by atoms with E-state index in [2.05, 4.69) is 21.5 Å². The minimum absolute atomic E-state index is 0.379. The van der Waals surface area contributed by atoms with Gasteiger partial charge in [-0.2, -0.15) is 0 Å². The van der Waals surface area contributed by atoms with Gasteiger partial charge in [-0.3, -0.25) is 14.3 Å². The molecule has 2 rings (SSSR count). The molecule has 0 bridgehead atoms. The number of fused-ring (bicyclic) bond motifs is 1. The third kappa shape index (κ3) is 4.68. The van der Waals surface area contributed by atoms with Gasteiger partial charge >= 0.3 is 5.69 Å². The van der Waals surface area contributed by atoms with E-state index >= 15 is 0 Å². The Balaban J connectivity index is 1.77. The van der Waals surface area contributed by atoms with Crippen LogP contribution >= 0.6 is 0 Å². The third-order valence-corrected chi connectivity index (χ3v) is 4.13. The number of hydrogen-bond acceptors (Lipinski definition) is 3. The van der Waals surface area contributed by atoms with Crippen LogP contribution in [0.25, 0.3) is 11.2 Å². The molecule has 2 aromatic rings. The number of H-pyrrole nitrogens is 2. The second-order valence-corrected chi connectivity index (χ2v) is 6.00. The van der Waals surface area contributed by atoms with E-state index in [1.54, 1.807) is 7.05 Å². The molecule has 0 fully saturated rings. The second-order valence-electron chi connectivity index (χ2n) is 6.00. The van der Waals surface area contributed by atoms with Gasteiger partial charge in [-0.1, -0.05) is 38.2 Å². The fourth-order valence-electron chi connectivity index (χ4n) is 2.74. The molecule has 23 heavy (non-hydrogen) atoms. The summed E-state index contributed by atoms with van der Waals surface area (Å²) in [5.41, 5.74) is -0.0290. The van der Waals surface area contributed by atoms with Crippen LogP contribution in [-0.2, 0) is 13.5 Å². The fraction of sp³-hybridized carbons (Fsp3) is 0.588. The molecule has 0 saturated heterocycles. The molecule has 0 aliphatic heterocycles. The Labute approximate surface area is 135 Å². The monoisotopic (exact) mass is 318 g/mol. The molecule has 2 N–H and O–H groups in total. The van der Waals surface area contributed by atoms with Crippen molar-refractivity contribution in [1.29, 1.82) is 0 Å². The maximum Gasteiger partial charge on any atom is 0.329 e. The van der Waals surface area contributed by atoms with Crippen molar-refractivity contribution in [2.24, 2.45) is 7.05 Å². The Morgan fingerprint density at radius 3 is 2.39 bits per heavy atom. The number of imidazole rings is 1. The van der Waals surface area contributed by atoms with Gasteiger partial charge in [-0.25, -0.2) is 9.78 Å². The van der Waals surface area contributed by atoms with Crippen LogP contribution in [0, 0.1) is 0 Å². The summed E-state index contributed by atoms with van der Waals surface area (Å²) < 4.78 is 1.36. The lowest BCUT2D eigenvalue weighted by molar-refractivity contribution is 0.578. The van der Waals surface area contributed by atoms with Crippen molar-refractivity contribution in [1.82, 2.24) is 19.5 Å². The van der Waals surface area contributed by atoms with Crippen LogP contribution in [0.3, 0.4) is 0 Å². The van der Waals surface area contributed by atoms with Gasteiger partial charge in [0.2, 0.25) is 0 Å². The van der Waals surface area contributed by atoms with E-state index in [4.69, 9.17) is 0 Å². The van der Waals surface area contributed by atoms with E-state index in [1.807, 2.05) is 6.08 Å². The van der Waals surface area contributed by atoms with E-state index in [1.165, 1.54) is 36.7 Å². The molecule has 0 unspecified atom stereocenters. The van der Waals surface area contributed by atoms with Gasteiger partial charge in [0.1, 0.15) is 11.3 Å². The number of unbranched alkanes of at least 4 members (excludes halogenated alkanes) is 7. The summed E-state index contributed by atoms with van der Waals surface area (Å²) in [6.07, 6.45) is 12.4. The van der Waals surface area contributed by atoms with Crippen molar-refractivity contribution in [3.8, 4) is 0 Å². The Hall–Kier alpha value is -2.11. The molecule has 0 saturated carbocycles. The Kier molecular flexibility index (Phi) is 6.38. The molecule has 0 aromatic carbocycles. The summed E-state index contributed by atoms with van der Waals surface area (Å²) in [5.74, 6) is 0.776. The highest BCUT2D eigenvalue weighted by Crippen LogP contribution is 2.11. The molecule has 2 aromatic heterocycles. The summed E-state index contributed by atoms with van der Waals surface area (Å²) in [6.45, 7) is 3.73. The Bertz CT molecular complexity index is 754. The number of aromatic nitrogens is 4. The first kappa shape index (κ1) is 17.2. The summed E-state index contributed by atoms with van der Waals surface area (Å²) in [4.78, 5) is 33.0. The van der Waals surface area contributed by atoms with Crippen LogP contribution < -0.4 is 11.2 Å². The number of nitrogens with one attached hydrogen (secondary N) is 2. The Morgan fingerprint density at radius 2 is 1.70 bits per heavy atom. The highest BCUT2D eigenvalue weighted by atomic mass is 16.2. The standard InChI is InChI=1S/C17H26N4O2/c1-3-4-5-6-7-8-9-10-11-12-13-18-14-15(19-13)21(2)17(23)20-16(14)22/h3H,1,4-12H2,2H3,(H,18,19)(H,20,22,23). The van der Waals surface area contributed by atoms with Crippen LogP contribution in [0.5, 0.6) is 0 Å². The van der Waals surface area contributed by atoms with E-state index in [0.717, 1.165) is 31.5 Å². The molecule has 0 amide bonds. The number of aromatic amines is 2. The van der Waals surface area contributed by atoms with Gasteiger partial charge in [0.25, 0.3) is 5.56 Å². The Morgan fingerprint density at radius 1 is 1.04 bits per heavy atom. The van der Waals surface area contributed by atoms with Gasteiger partial charge in [-0.15, -0.1) is 6.58 Å². The van der Waals surface area contributed by atoms with E-state index in [0.29, 0.717) is 11.2 Å². The average molecular weight is 318 g/mol. The largest absolute Gasteiger partial charge is 0.336 e. The van der Waals surface area contributed by atoms with Crippen LogP contribution in [0.15, 0.2) is 22.2 Å². The van der Waals surface area contributed by atoms with Gasteiger partial charge in [0, 0.05) is 13.5 Å². The third-order valence-electron chi connectivity index (χ3n) is 4.13. The molecule has 6 nitrogen and oxygen atoms in total. The molecular formula is C17H26N4O2. The first-order valence-electron chi connectivity index (χ1n) is 8.42. The normalized spacial score (nSPS) is 11.2. The zero-order chi connectivity index (χ0) is 16.7. The molecular weight excluding hydrogens is 292 g/mol. The van der Waals surface area contributed by atoms with Crippen molar-refractivity contribution in [3.05, 3.63) is 39.3 Å². The van der Waals surface area contributed by atoms with Gasteiger partial charge in [0.15, 0.2) is 5.65 Å². The van der Waals surface area contributed by atoms with Crippen molar-refractivity contribution in [2.75, 3.05) is 0 Å². The number of aryl methyl sites for hydroxylation is 2. The van der Waals surface area contributed by atoms with E-state index < -0.39 is 11.2 Å². The van der Waals surface area contributed by atoms with Crippen molar-refractivity contribution in [2.45, 2.75) is 57.8 Å². The zero-order valence-corrected chi connectivity index (χ0v) is 13.9. The lowest BCUT2D eigenvalue weighted by Crippen LogP contribution is -2.28. The molecule has 0 atom stereocenters. The van der Waals surface area contributed by atoms with Crippen molar-refractivity contribution in [3.63, 3.8) is 0 Å². The predicted octanol–water partition coefficient (Wildman–Crippen LogP) is 2.80.